The molecule has 0 amide bonds. The number of hydrogen-bond acceptors (Lipinski definition) is 7. The number of hydrogen-bond donors (Lipinski definition) is 2. The Balaban J connectivity index is 0.00000259. The Morgan fingerprint density at radius 2 is 1.94 bits per heavy atom. The number of sulfonamides is 1. The average Bonchev–Trinajstić information content (AvgIpc) is 3.24. The Morgan fingerprint density at radius 3 is 2.64 bits per heavy atom. The largest absolute Gasteiger partial charge is 0.382 e. The highest BCUT2D eigenvalue weighted by atomic mass is 35.5. The van der Waals surface area contributed by atoms with Crippen LogP contribution < -0.4 is 16.4 Å². The van der Waals surface area contributed by atoms with E-state index in [2.05, 4.69) is 21.0 Å². The fourth-order valence-corrected chi connectivity index (χ4v) is 6.76. The molecule has 2 aliphatic rings. The molecule has 5 rings (SSSR count). The van der Waals surface area contributed by atoms with E-state index >= 15 is 0 Å². The van der Waals surface area contributed by atoms with Crippen molar-refractivity contribution in [1.29, 1.82) is 0 Å². The Labute approximate surface area is 200 Å². The minimum atomic E-state index is -3.51. The summed E-state index contributed by atoms with van der Waals surface area (Å²) in [5.74, 6) is 0.406. The van der Waals surface area contributed by atoms with Gasteiger partial charge in [0.25, 0.3) is 0 Å². The Bertz CT molecular complexity index is 1320. The van der Waals surface area contributed by atoms with Crippen LogP contribution in [0.4, 0.5) is 11.5 Å². The summed E-state index contributed by atoms with van der Waals surface area (Å²) < 4.78 is 29.4. The zero-order valence-electron chi connectivity index (χ0n) is 19.0. The summed E-state index contributed by atoms with van der Waals surface area (Å²) in [5.41, 5.74) is 16.2. The lowest BCUT2D eigenvalue weighted by molar-refractivity contribution is 0.252. The van der Waals surface area contributed by atoms with E-state index < -0.39 is 15.6 Å². The van der Waals surface area contributed by atoms with Gasteiger partial charge in [-0.2, -0.15) is 9.40 Å². The summed E-state index contributed by atoms with van der Waals surface area (Å²) in [6, 6.07) is 7.66. The number of fused-ring (bicyclic) bond motifs is 2. The van der Waals surface area contributed by atoms with Crippen LogP contribution in [0.1, 0.15) is 39.2 Å². The minimum Gasteiger partial charge on any atom is -0.382 e. The van der Waals surface area contributed by atoms with E-state index in [1.165, 1.54) is 6.33 Å². The van der Waals surface area contributed by atoms with Crippen molar-refractivity contribution in [3.05, 3.63) is 36.2 Å². The van der Waals surface area contributed by atoms with Crippen LogP contribution in [-0.2, 0) is 16.6 Å². The first-order chi connectivity index (χ1) is 15.1. The second kappa shape index (κ2) is 8.12. The maximum atomic E-state index is 13.0. The van der Waals surface area contributed by atoms with Crippen LogP contribution in [0, 0.1) is 0 Å². The Morgan fingerprint density at radius 1 is 1.18 bits per heavy atom. The summed E-state index contributed by atoms with van der Waals surface area (Å²) in [4.78, 5) is 6.82. The highest BCUT2D eigenvalue weighted by Crippen LogP contribution is 2.40. The van der Waals surface area contributed by atoms with E-state index in [1.54, 1.807) is 14.9 Å². The maximum absolute atomic E-state index is 13.0. The average molecular weight is 492 g/mol. The lowest BCUT2D eigenvalue weighted by Crippen LogP contribution is -2.42. The maximum Gasteiger partial charge on any atom is 0.244 e. The first-order valence-corrected chi connectivity index (χ1v) is 12.3. The molecule has 2 aromatic heterocycles. The van der Waals surface area contributed by atoms with Crippen molar-refractivity contribution in [3.8, 4) is 11.3 Å². The van der Waals surface area contributed by atoms with Gasteiger partial charge < -0.3 is 16.4 Å². The molecule has 0 radical (unpaired) electrons. The molecule has 0 aliphatic carbocycles. The first-order valence-electron chi connectivity index (χ1n) is 10.9. The molecule has 1 aromatic carbocycles. The third-order valence-corrected chi connectivity index (χ3v) is 8.56. The van der Waals surface area contributed by atoms with E-state index in [4.69, 9.17) is 11.5 Å². The van der Waals surface area contributed by atoms with Gasteiger partial charge in [-0.25, -0.2) is 17.9 Å². The van der Waals surface area contributed by atoms with Gasteiger partial charge in [-0.3, -0.25) is 0 Å². The van der Waals surface area contributed by atoms with Crippen molar-refractivity contribution < 1.29 is 8.42 Å². The van der Waals surface area contributed by atoms with E-state index in [9.17, 15) is 8.42 Å². The van der Waals surface area contributed by atoms with Crippen molar-refractivity contribution in [1.82, 2.24) is 18.9 Å². The highest BCUT2D eigenvalue weighted by Gasteiger charge is 2.41. The molecule has 3 aromatic rings. The molecular weight excluding hydrogens is 462 g/mol. The van der Waals surface area contributed by atoms with Crippen LogP contribution in [0.15, 0.2) is 35.5 Å². The second-order valence-corrected chi connectivity index (χ2v) is 11.5. The molecule has 0 spiro atoms. The predicted molar refractivity (Wildman–Crippen MR) is 132 cm³/mol. The molecule has 9 nitrogen and oxygen atoms in total. The SMILES string of the molecule is CC(C)(C)N1Cc2cc(-c3cc(N4CCCC(N)C4)c4c(N)ncnn34)ccc2S1(=O)=O.Cl. The topological polar surface area (TPSA) is 123 Å². The number of nitrogen functional groups attached to an aromatic ring is 1. The number of nitrogens with zero attached hydrogens (tertiary/aromatic N) is 5. The third-order valence-electron chi connectivity index (χ3n) is 6.35. The fraction of sp³-hybridized carbons (Fsp3) is 0.455. The van der Waals surface area contributed by atoms with Gasteiger partial charge in [0.05, 0.1) is 16.3 Å². The molecular formula is C22H30ClN7O2S. The lowest BCUT2D eigenvalue weighted by atomic mass is 10.0. The molecule has 1 fully saturated rings. The van der Waals surface area contributed by atoms with E-state index in [0.29, 0.717) is 17.3 Å². The van der Waals surface area contributed by atoms with Crippen LogP contribution >= 0.6 is 12.4 Å². The fourth-order valence-electron chi connectivity index (χ4n) is 4.79. The zero-order valence-corrected chi connectivity index (χ0v) is 20.7. The van der Waals surface area contributed by atoms with Gasteiger partial charge in [0.2, 0.25) is 10.0 Å². The van der Waals surface area contributed by atoms with Crippen LogP contribution in [0.3, 0.4) is 0 Å². The number of anilines is 2. The number of piperidine rings is 1. The van der Waals surface area contributed by atoms with Gasteiger partial charge in [0.15, 0.2) is 5.82 Å². The molecule has 1 saturated heterocycles. The van der Waals surface area contributed by atoms with Crippen molar-refractivity contribution in [2.75, 3.05) is 23.7 Å². The molecule has 33 heavy (non-hydrogen) atoms. The molecule has 0 saturated carbocycles. The second-order valence-electron chi connectivity index (χ2n) is 9.67. The molecule has 1 unspecified atom stereocenters. The van der Waals surface area contributed by atoms with E-state index in [0.717, 1.165) is 54.0 Å². The molecule has 2 aliphatic heterocycles. The van der Waals surface area contributed by atoms with Gasteiger partial charge in [-0.15, -0.1) is 12.4 Å². The summed E-state index contributed by atoms with van der Waals surface area (Å²) in [6.07, 6.45) is 3.46. The molecule has 11 heteroatoms. The van der Waals surface area contributed by atoms with Crippen LogP contribution in [0.2, 0.25) is 0 Å². The van der Waals surface area contributed by atoms with Crippen molar-refractivity contribution in [2.24, 2.45) is 5.73 Å². The molecule has 178 valence electrons. The molecule has 4 heterocycles. The summed E-state index contributed by atoms with van der Waals surface area (Å²) >= 11 is 0. The predicted octanol–water partition coefficient (Wildman–Crippen LogP) is 2.63. The van der Waals surface area contributed by atoms with Crippen molar-refractivity contribution >= 4 is 39.5 Å². The summed E-state index contributed by atoms with van der Waals surface area (Å²) in [7, 11) is -3.51. The first kappa shape index (κ1) is 23.7. The van der Waals surface area contributed by atoms with Gasteiger partial charge >= 0.3 is 0 Å². The summed E-state index contributed by atoms with van der Waals surface area (Å²) in [6.45, 7) is 7.72. The number of nitrogens with two attached hydrogens (primary N) is 2. The number of benzene rings is 1. The highest BCUT2D eigenvalue weighted by molar-refractivity contribution is 7.89. The van der Waals surface area contributed by atoms with Crippen molar-refractivity contribution in [2.45, 2.75) is 56.6 Å². The van der Waals surface area contributed by atoms with Gasteiger partial charge in [-0.1, -0.05) is 6.07 Å². The van der Waals surface area contributed by atoms with Gasteiger partial charge in [-0.05, 0) is 57.4 Å². The minimum absolute atomic E-state index is 0. The van der Waals surface area contributed by atoms with Gasteiger partial charge in [0.1, 0.15) is 11.8 Å². The lowest BCUT2D eigenvalue weighted by Gasteiger charge is -2.32. The van der Waals surface area contributed by atoms with Crippen molar-refractivity contribution in [3.63, 3.8) is 0 Å². The normalized spacial score (nSPS) is 20.6. The van der Waals surface area contributed by atoms with Crippen LogP contribution in [-0.4, -0.2) is 52.0 Å². The zero-order chi connectivity index (χ0) is 22.8. The smallest absolute Gasteiger partial charge is 0.244 e. The number of aromatic nitrogens is 3. The summed E-state index contributed by atoms with van der Waals surface area (Å²) in [5, 5.41) is 4.47. The monoisotopic (exact) mass is 491 g/mol. The van der Waals surface area contributed by atoms with Gasteiger partial charge in [0, 0.05) is 36.8 Å². The molecule has 1 atom stereocenters. The number of rotatable bonds is 2. The van der Waals surface area contributed by atoms with Crippen LogP contribution in [0.25, 0.3) is 16.8 Å². The third kappa shape index (κ3) is 3.84. The van der Waals surface area contributed by atoms with Crippen LogP contribution in [0.5, 0.6) is 0 Å². The quantitative estimate of drug-likeness (QED) is 0.564. The Hall–Kier alpha value is -2.40. The Kier molecular flexibility index (Phi) is 5.84. The van der Waals surface area contributed by atoms with E-state index in [1.807, 2.05) is 32.9 Å². The number of halogens is 1. The molecule has 0 bridgehead atoms. The molecule has 4 N–H and O–H groups in total. The van der Waals surface area contributed by atoms with E-state index in [-0.39, 0.29) is 18.4 Å². The standard InChI is InChI=1S/C22H29N7O2S.ClH/c1-22(2,3)28-11-15-9-14(6-7-19(15)32(28,30)31)17-10-18(27-8-4-5-16(23)12-27)20-21(24)25-13-26-29(17)20;/h6-7,9-10,13,16H,4-5,8,11-12,23H2,1-3H3,(H2,24,25,26);1H.